The number of fused-ring (bicyclic) bond motifs is 1. The topological polar surface area (TPSA) is 66.7 Å². The number of nitrogens with one attached hydrogen (secondary N) is 1. The molecule has 1 aliphatic rings. The Morgan fingerprint density at radius 3 is 2.69 bits per heavy atom. The molecule has 2 aromatic heterocycles. The molecule has 0 unspecified atom stereocenters. The van der Waals surface area contributed by atoms with Crippen molar-refractivity contribution >= 4 is 51.7 Å². The lowest BCUT2D eigenvalue weighted by Crippen LogP contribution is -2.27. The van der Waals surface area contributed by atoms with Crippen LogP contribution in [0.2, 0.25) is 0 Å². The average Bonchev–Trinajstić information content (AvgIpc) is 3.03. The molecule has 1 aliphatic heterocycles. The monoisotopic (exact) mass is 466 g/mol. The maximum Gasteiger partial charge on any atom is 0.267 e. The van der Waals surface area contributed by atoms with Gasteiger partial charge in [0.05, 0.1) is 17.0 Å². The molecule has 9 heteroatoms. The number of rotatable bonds is 6. The number of benzene rings is 1. The molecule has 0 atom stereocenters. The van der Waals surface area contributed by atoms with Crippen molar-refractivity contribution in [3.8, 4) is 0 Å². The summed E-state index contributed by atoms with van der Waals surface area (Å²) >= 11 is 6.51. The summed E-state index contributed by atoms with van der Waals surface area (Å²) in [5.74, 6) is -0.298. The third-order valence-corrected chi connectivity index (χ3v) is 6.20. The zero-order valence-electron chi connectivity index (χ0n) is 17.2. The number of aromatic nitrogens is 2. The molecule has 0 aliphatic carbocycles. The molecule has 6 nitrogen and oxygen atoms in total. The third-order valence-electron chi connectivity index (χ3n) is 4.82. The van der Waals surface area contributed by atoms with Gasteiger partial charge in [-0.15, -0.1) is 6.58 Å². The van der Waals surface area contributed by atoms with Gasteiger partial charge in [0, 0.05) is 12.7 Å². The van der Waals surface area contributed by atoms with Gasteiger partial charge in [0.25, 0.3) is 11.5 Å². The van der Waals surface area contributed by atoms with E-state index >= 15 is 0 Å². The Kier molecular flexibility index (Phi) is 6.20. The molecule has 0 saturated carbocycles. The van der Waals surface area contributed by atoms with Crippen molar-refractivity contribution in [3.05, 3.63) is 93.0 Å². The summed E-state index contributed by atoms with van der Waals surface area (Å²) < 4.78 is 15.0. The minimum absolute atomic E-state index is 0.220. The number of thiocarbonyl (C=S) groups is 1. The quantitative estimate of drug-likeness (QED) is 0.335. The van der Waals surface area contributed by atoms with Gasteiger partial charge in [-0.1, -0.05) is 48.3 Å². The first kappa shape index (κ1) is 21.9. The molecule has 0 spiro atoms. The zero-order chi connectivity index (χ0) is 22.8. The fraction of sp³-hybridized carbons (Fsp3) is 0.130. The number of hydrogen-bond acceptors (Lipinski definition) is 6. The van der Waals surface area contributed by atoms with Gasteiger partial charge in [-0.25, -0.2) is 9.37 Å². The van der Waals surface area contributed by atoms with E-state index in [1.54, 1.807) is 30.5 Å². The number of anilines is 1. The van der Waals surface area contributed by atoms with Crippen LogP contribution in [0.3, 0.4) is 0 Å². The maximum absolute atomic E-state index is 13.3. The first-order chi connectivity index (χ1) is 15.4. The summed E-state index contributed by atoms with van der Waals surface area (Å²) in [5, 5.41) is 3.08. The Labute approximate surface area is 193 Å². The van der Waals surface area contributed by atoms with Crippen LogP contribution in [0.25, 0.3) is 11.7 Å². The molecule has 1 N–H and O–H groups in total. The molecule has 162 valence electrons. The molecular formula is C23H19FN4O2S2. The van der Waals surface area contributed by atoms with E-state index in [4.69, 9.17) is 12.2 Å². The number of amides is 1. The van der Waals surface area contributed by atoms with Crippen molar-refractivity contribution in [1.82, 2.24) is 14.3 Å². The number of carbonyl (C=O) groups is 1. The van der Waals surface area contributed by atoms with E-state index < -0.39 is 0 Å². The minimum Gasteiger partial charge on any atom is -0.366 e. The summed E-state index contributed by atoms with van der Waals surface area (Å²) in [6.45, 7) is 6.20. The number of hydrogen-bond donors (Lipinski definition) is 1. The maximum atomic E-state index is 13.3. The Balaban J connectivity index is 1.74. The van der Waals surface area contributed by atoms with Crippen LogP contribution in [0.5, 0.6) is 0 Å². The molecule has 0 radical (unpaired) electrons. The van der Waals surface area contributed by atoms with Crippen LogP contribution < -0.4 is 10.9 Å². The summed E-state index contributed by atoms with van der Waals surface area (Å²) in [7, 11) is 0. The SMILES string of the molecule is C=CCNc1nc2ccc(C)cn2c(=O)c1/C=C1/SC(=S)N(Cc2ccc(F)cc2)C1=O. The number of carbonyl (C=O) groups excluding carboxylic acids is 1. The minimum atomic E-state index is -0.349. The van der Waals surface area contributed by atoms with E-state index in [0.29, 0.717) is 27.2 Å². The standard InChI is InChI=1S/C23H19FN4O2S2/c1-3-10-25-20-17(21(29)27-12-14(2)4-9-19(27)26-20)11-18-22(30)28(23(31)32-18)13-15-5-7-16(24)8-6-15/h3-9,11-12,25H,1,10,13H2,2H3/b18-11+. The van der Waals surface area contributed by atoms with Crippen LogP contribution in [-0.2, 0) is 11.3 Å². The molecule has 1 aromatic carbocycles. The smallest absolute Gasteiger partial charge is 0.267 e. The summed E-state index contributed by atoms with van der Waals surface area (Å²) in [5.41, 5.74) is 2.12. The summed E-state index contributed by atoms with van der Waals surface area (Å²) in [6.07, 6.45) is 4.89. The van der Waals surface area contributed by atoms with Crippen molar-refractivity contribution in [2.24, 2.45) is 0 Å². The van der Waals surface area contributed by atoms with E-state index in [1.807, 2.05) is 13.0 Å². The summed E-state index contributed by atoms with van der Waals surface area (Å²) in [4.78, 5) is 32.6. The highest BCUT2D eigenvalue weighted by Gasteiger charge is 2.32. The highest BCUT2D eigenvalue weighted by atomic mass is 32.2. The van der Waals surface area contributed by atoms with Gasteiger partial charge < -0.3 is 5.32 Å². The van der Waals surface area contributed by atoms with Crippen LogP contribution >= 0.6 is 24.0 Å². The van der Waals surface area contributed by atoms with Crippen LogP contribution in [-0.4, -0.2) is 31.1 Å². The molecule has 0 bridgehead atoms. The molecule has 1 saturated heterocycles. The fourth-order valence-electron chi connectivity index (χ4n) is 3.23. The lowest BCUT2D eigenvalue weighted by Gasteiger charge is -2.14. The van der Waals surface area contributed by atoms with Crippen LogP contribution in [0.4, 0.5) is 10.2 Å². The first-order valence-corrected chi connectivity index (χ1v) is 11.0. The van der Waals surface area contributed by atoms with Gasteiger partial charge in [0.2, 0.25) is 0 Å². The lowest BCUT2D eigenvalue weighted by atomic mass is 10.2. The van der Waals surface area contributed by atoms with E-state index in [-0.39, 0.29) is 29.4 Å². The van der Waals surface area contributed by atoms with Crippen molar-refractivity contribution < 1.29 is 9.18 Å². The second-order valence-corrected chi connectivity index (χ2v) is 8.85. The third kappa shape index (κ3) is 4.35. The lowest BCUT2D eigenvalue weighted by molar-refractivity contribution is -0.122. The van der Waals surface area contributed by atoms with E-state index in [2.05, 4.69) is 16.9 Å². The van der Waals surface area contributed by atoms with E-state index in [1.165, 1.54) is 27.5 Å². The van der Waals surface area contributed by atoms with Gasteiger partial charge >= 0.3 is 0 Å². The van der Waals surface area contributed by atoms with Crippen LogP contribution in [0.15, 0.2) is 64.9 Å². The largest absolute Gasteiger partial charge is 0.366 e. The van der Waals surface area contributed by atoms with E-state index in [9.17, 15) is 14.0 Å². The van der Waals surface area contributed by atoms with Crippen molar-refractivity contribution in [3.63, 3.8) is 0 Å². The normalized spacial score (nSPS) is 15.1. The number of thioether (sulfide) groups is 1. The van der Waals surface area contributed by atoms with Gasteiger partial charge in [-0.3, -0.25) is 18.9 Å². The number of pyridine rings is 1. The summed E-state index contributed by atoms with van der Waals surface area (Å²) in [6, 6.07) is 9.53. The first-order valence-electron chi connectivity index (χ1n) is 9.75. The zero-order valence-corrected chi connectivity index (χ0v) is 18.8. The molecule has 3 heterocycles. The van der Waals surface area contributed by atoms with Gasteiger partial charge in [-0.2, -0.15) is 0 Å². The second kappa shape index (κ2) is 9.05. The van der Waals surface area contributed by atoms with Crippen LogP contribution in [0, 0.1) is 12.7 Å². The Morgan fingerprint density at radius 1 is 1.22 bits per heavy atom. The highest BCUT2D eigenvalue weighted by Crippen LogP contribution is 2.34. The van der Waals surface area contributed by atoms with Gasteiger partial charge in [0.1, 0.15) is 21.6 Å². The Hall–Kier alpha value is -3.30. The molecule has 3 aromatic rings. The molecule has 4 rings (SSSR count). The number of nitrogens with zero attached hydrogens (tertiary/aromatic N) is 3. The van der Waals surface area contributed by atoms with Gasteiger partial charge in [-0.05, 0) is 42.3 Å². The fourth-order valence-corrected chi connectivity index (χ4v) is 4.47. The number of halogens is 1. The highest BCUT2D eigenvalue weighted by molar-refractivity contribution is 8.26. The van der Waals surface area contributed by atoms with Gasteiger partial charge in [0.15, 0.2) is 0 Å². The van der Waals surface area contributed by atoms with E-state index in [0.717, 1.165) is 22.9 Å². The number of aryl methyl sites for hydroxylation is 1. The molecule has 1 fully saturated rings. The Bertz CT molecular complexity index is 1330. The van der Waals surface area contributed by atoms with Crippen molar-refractivity contribution in [2.75, 3.05) is 11.9 Å². The second-order valence-electron chi connectivity index (χ2n) is 7.18. The predicted octanol–water partition coefficient (Wildman–Crippen LogP) is 4.14. The Morgan fingerprint density at radius 2 is 1.97 bits per heavy atom. The predicted molar refractivity (Wildman–Crippen MR) is 130 cm³/mol. The molecule has 1 amide bonds. The molecular weight excluding hydrogens is 447 g/mol. The molecule has 32 heavy (non-hydrogen) atoms. The van der Waals surface area contributed by atoms with Crippen molar-refractivity contribution in [1.29, 1.82) is 0 Å². The van der Waals surface area contributed by atoms with Crippen molar-refractivity contribution in [2.45, 2.75) is 13.5 Å². The average molecular weight is 467 g/mol. The van der Waals surface area contributed by atoms with Crippen LogP contribution in [0.1, 0.15) is 16.7 Å².